The van der Waals surface area contributed by atoms with Crippen LogP contribution in [0.3, 0.4) is 0 Å². The Morgan fingerprint density at radius 2 is 1.29 bits per heavy atom. The molecule has 0 aliphatic carbocycles. The number of nitrogens with zero attached hydrogens (tertiary/aromatic N) is 1. The van der Waals surface area contributed by atoms with Crippen LogP contribution in [0.5, 0.6) is 0 Å². The van der Waals surface area contributed by atoms with Crippen LogP contribution in [0.15, 0.2) is 90.8 Å². The second-order valence-corrected chi connectivity index (χ2v) is 6.18. The molecular weight excluding hydrogens is 350 g/mol. The molecule has 0 unspecified atom stereocenters. The number of aromatic nitrogens is 1. The van der Waals surface area contributed by atoms with Gasteiger partial charge in [0.25, 0.3) is 11.8 Å². The molecular formula is C23H21N3O2. The fourth-order valence-electron chi connectivity index (χ4n) is 2.61. The molecule has 5 nitrogen and oxygen atoms in total. The third kappa shape index (κ3) is 5.64. The first-order chi connectivity index (χ1) is 13.7. The van der Waals surface area contributed by atoms with Crippen LogP contribution in [0.1, 0.15) is 16.7 Å². The summed E-state index contributed by atoms with van der Waals surface area (Å²) in [4.78, 5) is 29.5. The van der Waals surface area contributed by atoms with Gasteiger partial charge in [-0.05, 0) is 28.8 Å². The highest BCUT2D eigenvalue weighted by Crippen LogP contribution is 2.08. The van der Waals surface area contributed by atoms with Crippen molar-refractivity contribution in [1.82, 2.24) is 15.6 Å². The van der Waals surface area contributed by atoms with Crippen LogP contribution in [-0.4, -0.2) is 16.8 Å². The summed E-state index contributed by atoms with van der Waals surface area (Å²) in [5.41, 5.74) is 2.64. The lowest BCUT2D eigenvalue weighted by Crippen LogP contribution is -2.34. The van der Waals surface area contributed by atoms with Gasteiger partial charge in [0.1, 0.15) is 5.57 Å². The number of carbonyl (C=O) groups is 2. The Morgan fingerprint density at radius 3 is 1.75 bits per heavy atom. The molecule has 0 atom stereocenters. The van der Waals surface area contributed by atoms with Crippen LogP contribution >= 0.6 is 0 Å². The fraction of sp³-hybridized carbons (Fsp3) is 0.0870. The van der Waals surface area contributed by atoms with Crippen molar-refractivity contribution in [2.24, 2.45) is 0 Å². The maximum absolute atomic E-state index is 12.7. The van der Waals surface area contributed by atoms with Gasteiger partial charge >= 0.3 is 0 Å². The molecule has 0 aliphatic rings. The zero-order valence-corrected chi connectivity index (χ0v) is 15.3. The SMILES string of the molecule is O=C(NCc1ccccc1)C(=Cc1cccnc1)C(=O)NCc1ccccc1. The van der Waals surface area contributed by atoms with Gasteiger partial charge in [-0.15, -0.1) is 0 Å². The van der Waals surface area contributed by atoms with E-state index in [2.05, 4.69) is 15.6 Å². The molecule has 2 N–H and O–H groups in total. The summed E-state index contributed by atoms with van der Waals surface area (Å²) in [6, 6.07) is 22.7. The van der Waals surface area contributed by atoms with Crippen LogP contribution in [-0.2, 0) is 22.7 Å². The van der Waals surface area contributed by atoms with Crippen molar-refractivity contribution in [3.05, 3.63) is 107 Å². The second-order valence-electron chi connectivity index (χ2n) is 6.18. The number of pyridine rings is 1. The summed E-state index contributed by atoms with van der Waals surface area (Å²) in [6.07, 6.45) is 4.80. The Morgan fingerprint density at radius 1 is 0.750 bits per heavy atom. The summed E-state index contributed by atoms with van der Waals surface area (Å²) < 4.78 is 0. The minimum Gasteiger partial charge on any atom is -0.348 e. The summed E-state index contributed by atoms with van der Waals surface area (Å²) in [5, 5.41) is 5.62. The molecule has 2 amide bonds. The number of amides is 2. The van der Waals surface area contributed by atoms with Gasteiger partial charge in [0.05, 0.1) is 0 Å². The van der Waals surface area contributed by atoms with E-state index in [9.17, 15) is 9.59 Å². The van der Waals surface area contributed by atoms with E-state index in [1.54, 1.807) is 30.6 Å². The zero-order chi connectivity index (χ0) is 19.6. The Labute approximate surface area is 164 Å². The lowest BCUT2D eigenvalue weighted by molar-refractivity contribution is -0.123. The van der Waals surface area contributed by atoms with Crippen molar-refractivity contribution in [2.75, 3.05) is 0 Å². The number of hydrogen-bond acceptors (Lipinski definition) is 3. The van der Waals surface area contributed by atoms with Gasteiger partial charge in [0.15, 0.2) is 0 Å². The first-order valence-electron chi connectivity index (χ1n) is 8.98. The molecule has 0 radical (unpaired) electrons. The predicted octanol–water partition coefficient (Wildman–Crippen LogP) is 3.10. The molecule has 3 aromatic rings. The van der Waals surface area contributed by atoms with Gasteiger partial charge in [0, 0.05) is 25.5 Å². The summed E-state index contributed by atoms with van der Waals surface area (Å²) in [5.74, 6) is -0.864. The van der Waals surface area contributed by atoms with Crippen molar-refractivity contribution in [3.63, 3.8) is 0 Å². The second kappa shape index (κ2) is 9.83. The minimum atomic E-state index is -0.432. The van der Waals surface area contributed by atoms with Gasteiger partial charge < -0.3 is 10.6 Å². The van der Waals surface area contributed by atoms with E-state index in [0.717, 1.165) is 11.1 Å². The Kier molecular flexibility index (Phi) is 6.68. The average molecular weight is 371 g/mol. The molecule has 0 spiro atoms. The quantitative estimate of drug-likeness (QED) is 0.381. The van der Waals surface area contributed by atoms with Crippen molar-refractivity contribution in [3.8, 4) is 0 Å². The highest BCUT2D eigenvalue weighted by Gasteiger charge is 2.18. The largest absolute Gasteiger partial charge is 0.348 e. The van der Waals surface area contributed by atoms with E-state index >= 15 is 0 Å². The van der Waals surface area contributed by atoms with Crippen molar-refractivity contribution >= 4 is 17.9 Å². The van der Waals surface area contributed by atoms with E-state index < -0.39 is 11.8 Å². The molecule has 5 heteroatoms. The normalized spacial score (nSPS) is 10.0. The Hall–Kier alpha value is -3.73. The summed E-state index contributed by atoms with van der Waals surface area (Å²) in [7, 11) is 0. The minimum absolute atomic E-state index is 0.0415. The molecule has 0 fully saturated rings. The van der Waals surface area contributed by atoms with Crippen LogP contribution in [0.4, 0.5) is 0 Å². The van der Waals surface area contributed by atoms with Crippen molar-refractivity contribution in [2.45, 2.75) is 13.1 Å². The third-order valence-electron chi connectivity index (χ3n) is 4.08. The average Bonchev–Trinajstić information content (AvgIpc) is 2.76. The standard InChI is InChI=1S/C23H21N3O2/c27-22(25-16-18-8-3-1-4-9-18)21(14-20-12-7-13-24-15-20)23(28)26-17-19-10-5-2-6-11-19/h1-15H,16-17H2,(H,25,27)(H,26,28). The number of nitrogens with one attached hydrogen (secondary N) is 2. The first kappa shape index (κ1) is 19.0. The van der Waals surface area contributed by atoms with E-state index in [-0.39, 0.29) is 5.57 Å². The van der Waals surface area contributed by atoms with E-state index in [1.807, 2.05) is 60.7 Å². The van der Waals surface area contributed by atoms with Gasteiger partial charge in [-0.25, -0.2) is 0 Å². The highest BCUT2D eigenvalue weighted by molar-refractivity contribution is 6.21. The number of rotatable bonds is 7. The smallest absolute Gasteiger partial charge is 0.257 e. The fourth-order valence-corrected chi connectivity index (χ4v) is 2.61. The van der Waals surface area contributed by atoms with Gasteiger partial charge in [-0.2, -0.15) is 0 Å². The molecule has 28 heavy (non-hydrogen) atoms. The molecule has 1 heterocycles. The number of carbonyl (C=O) groups excluding carboxylic acids is 2. The molecule has 2 aromatic carbocycles. The Bertz CT molecular complexity index is 882. The van der Waals surface area contributed by atoms with E-state index in [1.165, 1.54) is 0 Å². The topological polar surface area (TPSA) is 71.1 Å². The summed E-state index contributed by atoms with van der Waals surface area (Å²) >= 11 is 0. The Balaban J connectivity index is 1.73. The van der Waals surface area contributed by atoms with Gasteiger partial charge in [-0.1, -0.05) is 66.7 Å². The van der Waals surface area contributed by atoms with Gasteiger partial charge in [0.2, 0.25) is 0 Å². The molecule has 1 aromatic heterocycles. The van der Waals surface area contributed by atoms with E-state index in [4.69, 9.17) is 0 Å². The van der Waals surface area contributed by atoms with Crippen LogP contribution in [0, 0.1) is 0 Å². The monoisotopic (exact) mass is 371 g/mol. The molecule has 0 aliphatic heterocycles. The molecule has 3 rings (SSSR count). The lowest BCUT2D eigenvalue weighted by atomic mass is 10.1. The van der Waals surface area contributed by atoms with Crippen molar-refractivity contribution in [1.29, 1.82) is 0 Å². The third-order valence-corrected chi connectivity index (χ3v) is 4.08. The summed E-state index contributed by atoms with van der Waals surface area (Å²) in [6.45, 7) is 0.687. The maximum atomic E-state index is 12.7. The highest BCUT2D eigenvalue weighted by atomic mass is 16.2. The van der Waals surface area contributed by atoms with Crippen LogP contribution in [0.25, 0.3) is 6.08 Å². The molecule has 0 bridgehead atoms. The van der Waals surface area contributed by atoms with Crippen LogP contribution < -0.4 is 10.6 Å². The number of hydrogen-bond donors (Lipinski definition) is 2. The molecule has 140 valence electrons. The zero-order valence-electron chi connectivity index (χ0n) is 15.3. The van der Waals surface area contributed by atoms with E-state index in [0.29, 0.717) is 18.7 Å². The first-order valence-corrected chi connectivity index (χ1v) is 8.98. The number of benzene rings is 2. The van der Waals surface area contributed by atoms with Gasteiger partial charge in [-0.3, -0.25) is 14.6 Å². The molecule has 0 saturated carbocycles. The van der Waals surface area contributed by atoms with Crippen LogP contribution in [0.2, 0.25) is 0 Å². The predicted molar refractivity (Wildman–Crippen MR) is 109 cm³/mol. The maximum Gasteiger partial charge on any atom is 0.257 e. The lowest BCUT2D eigenvalue weighted by Gasteiger charge is -2.10. The molecule has 0 saturated heterocycles. The van der Waals surface area contributed by atoms with Crippen molar-refractivity contribution < 1.29 is 9.59 Å².